The van der Waals surface area contributed by atoms with Crippen LogP contribution in [0, 0.1) is 31.5 Å². The van der Waals surface area contributed by atoms with Gasteiger partial charge < -0.3 is 5.32 Å². The molecule has 2 N–H and O–H groups in total. The maximum atomic E-state index is 14.4. The van der Waals surface area contributed by atoms with Gasteiger partial charge in [-0.05, 0) is 67.5 Å². The van der Waals surface area contributed by atoms with E-state index >= 15 is 0 Å². The lowest BCUT2D eigenvalue weighted by Gasteiger charge is -2.34. The van der Waals surface area contributed by atoms with Crippen LogP contribution in [0.4, 0.5) is 10.1 Å². The van der Waals surface area contributed by atoms with Crippen molar-refractivity contribution in [3.05, 3.63) is 58.9 Å². The predicted octanol–water partition coefficient (Wildman–Crippen LogP) is 4.80. The van der Waals surface area contributed by atoms with Crippen LogP contribution in [0.2, 0.25) is 0 Å². The van der Waals surface area contributed by atoms with Crippen LogP contribution in [0.5, 0.6) is 0 Å². The van der Waals surface area contributed by atoms with Crippen LogP contribution < -0.4 is 10.0 Å². The lowest BCUT2D eigenvalue weighted by molar-refractivity contribution is 0.102. The lowest BCUT2D eigenvalue weighted by atomic mass is 9.78. The molecule has 0 heterocycles. The minimum absolute atomic E-state index is 0.111. The molecule has 1 fully saturated rings. The number of benzene rings is 2. The molecule has 0 aliphatic heterocycles. The molecule has 7 heteroatoms. The van der Waals surface area contributed by atoms with Crippen LogP contribution in [0.3, 0.4) is 0 Å². The molecule has 3 rings (SSSR count). The Labute approximate surface area is 178 Å². The molecule has 0 bridgehead atoms. The van der Waals surface area contributed by atoms with Crippen LogP contribution in [-0.2, 0) is 10.0 Å². The third kappa shape index (κ3) is 4.90. The van der Waals surface area contributed by atoms with Gasteiger partial charge in [0.2, 0.25) is 10.0 Å². The van der Waals surface area contributed by atoms with Crippen LogP contribution in [0.15, 0.2) is 41.3 Å². The predicted molar refractivity (Wildman–Crippen MR) is 117 cm³/mol. The standard InChI is InChI=1S/C23H29FN2O3S/c1-14-8-9-16(3)22(12-14)25-23(27)19-13-18(10-11-20(19)24)30(28,29)26-21-7-5-6-15(2)17(21)4/h8-13,15,17,21,26H,5-7H2,1-4H3,(H,25,27)/t15-,17+,21+/m0/s1. The van der Waals surface area contributed by atoms with E-state index in [2.05, 4.69) is 17.0 Å². The van der Waals surface area contributed by atoms with Crippen LogP contribution in [-0.4, -0.2) is 20.4 Å². The summed E-state index contributed by atoms with van der Waals surface area (Å²) in [6.07, 6.45) is 2.82. The van der Waals surface area contributed by atoms with Gasteiger partial charge in [-0.3, -0.25) is 4.79 Å². The van der Waals surface area contributed by atoms with Crippen LogP contribution >= 0.6 is 0 Å². The molecule has 5 nitrogen and oxygen atoms in total. The molecule has 0 spiro atoms. The summed E-state index contributed by atoms with van der Waals surface area (Å²) in [5, 5.41) is 2.69. The van der Waals surface area contributed by atoms with E-state index in [4.69, 9.17) is 0 Å². The Hall–Kier alpha value is -2.25. The molecule has 1 amide bonds. The van der Waals surface area contributed by atoms with Crippen molar-refractivity contribution < 1.29 is 17.6 Å². The van der Waals surface area contributed by atoms with E-state index in [0.29, 0.717) is 11.6 Å². The van der Waals surface area contributed by atoms with Gasteiger partial charge in [-0.1, -0.05) is 38.8 Å². The first-order valence-corrected chi connectivity index (χ1v) is 11.8. The van der Waals surface area contributed by atoms with Gasteiger partial charge >= 0.3 is 0 Å². The third-order valence-electron chi connectivity index (χ3n) is 6.15. The van der Waals surface area contributed by atoms with E-state index in [1.807, 2.05) is 32.9 Å². The number of amides is 1. The quantitative estimate of drug-likeness (QED) is 0.713. The Balaban J connectivity index is 1.85. The van der Waals surface area contributed by atoms with Gasteiger partial charge in [0.05, 0.1) is 10.5 Å². The van der Waals surface area contributed by atoms with Crippen molar-refractivity contribution in [2.24, 2.45) is 11.8 Å². The van der Waals surface area contributed by atoms with Gasteiger partial charge in [-0.15, -0.1) is 0 Å². The summed E-state index contributed by atoms with van der Waals surface area (Å²) >= 11 is 0. The smallest absolute Gasteiger partial charge is 0.258 e. The first-order chi connectivity index (χ1) is 14.1. The maximum absolute atomic E-state index is 14.4. The number of aryl methyl sites for hydroxylation is 2. The maximum Gasteiger partial charge on any atom is 0.258 e. The second-order valence-electron chi connectivity index (χ2n) is 8.41. The van der Waals surface area contributed by atoms with Crippen molar-refractivity contribution in [1.29, 1.82) is 0 Å². The van der Waals surface area contributed by atoms with Gasteiger partial charge in [0.15, 0.2) is 0 Å². The van der Waals surface area contributed by atoms with Crippen molar-refractivity contribution in [2.45, 2.75) is 57.9 Å². The van der Waals surface area contributed by atoms with E-state index < -0.39 is 21.7 Å². The summed E-state index contributed by atoms with van der Waals surface area (Å²) in [5.41, 5.74) is 2.05. The zero-order valence-corrected chi connectivity index (χ0v) is 18.6. The van der Waals surface area contributed by atoms with Crippen molar-refractivity contribution in [3.8, 4) is 0 Å². The van der Waals surface area contributed by atoms with Gasteiger partial charge in [-0.2, -0.15) is 0 Å². The number of halogens is 1. The second-order valence-corrected chi connectivity index (χ2v) is 10.1. The fourth-order valence-corrected chi connectivity index (χ4v) is 5.31. The molecule has 30 heavy (non-hydrogen) atoms. The van der Waals surface area contributed by atoms with E-state index in [-0.39, 0.29) is 22.4 Å². The molecule has 0 radical (unpaired) electrons. The molecule has 0 aromatic heterocycles. The Bertz CT molecular complexity index is 1050. The lowest BCUT2D eigenvalue weighted by Crippen LogP contribution is -2.43. The minimum Gasteiger partial charge on any atom is -0.322 e. The van der Waals surface area contributed by atoms with Gasteiger partial charge in [0, 0.05) is 11.7 Å². The minimum atomic E-state index is -3.87. The summed E-state index contributed by atoms with van der Waals surface area (Å²) in [5.74, 6) is -0.811. The van der Waals surface area contributed by atoms with Crippen molar-refractivity contribution in [2.75, 3.05) is 5.32 Å². The summed E-state index contributed by atoms with van der Waals surface area (Å²) in [7, 11) is -3.87. The molecular weight excluding hydrogens is 403 g/mol. The summed E-state index contributed by atoms with van der Waals surface area (Å²) in [6, 6.07) is 8.73. The molecule has 0 unspecified atom stereocenters. The number of sulfonamides is 1. The SMILES string of the molecule is Cc1ccc(C)c(NC(=O)c2cc(S(=O)(=O)N[C@@H]3CCC[C@H](C)[C@H]3C)ccc2F)c1. The first kappa shape index (κ1) is 22.4. The normalized spacial score (nSPS) is 22.0. The molecular formula is C23H29FN2O3S. The third-order valence-corrected chi connectivity index (χ3v) is 7.63. The number of carbonyl (C=O) groups is 1. The highest BCUT2D eigenvalue weighted by Crippen LogP contribution is 2.30. The molecule has 2 aromatic carbocycles. The Kier molecular flexibility index (Phi) is 6.62. The zero-order valence-electron chi connectivity index (χ0n) is 17.8. The highest BCUT2D eigenvalue weighted by Gasteiger charge is 2.31. The second kappa shape index (κ2) is 8.86. The molecule has 1 aliphatic rings. The van der Waals surface area contributed by atoms with Crippen LogP contribution in [0.25, 0.3) is 0 Å². The molecule has 1 saturated carbocycles. The average molecular weight is 433 g/mol. The Morgan fingerprint density at radius 3 is 2.53 bits per heavy atom. The molecule has 1 aliphatic carbocycles. The van der Waals surface area contributed by atoms with Crippen molar-refractivity contribution in [1.82, 2.24) is 4.72 Å². The number of nitrogens with one attached hydrogen (secondary N) is 2. The number of carbonyl (C=O) groups excluding carboxylic acids is 1. The number of anilines is 1. The van der Waals surface area contributed by atoms with Gasteiger partial charge in [0.1, 0.15) is 5.82 Å². The molecule has 3 atom stereocenters. The number of hydrogen-bond donors (Lipinski definition) is 2. The van der Waals surface area contributed by atoms with E-state index in [1.54, 1.807) is 6.07 Å². The number of rotatable bonds is 5. The van der Waals surface area contributed by atoms with Gasteiger partial charge in [0.25, 0.3) is 5.91 Å². The van der Waals surface area contributed by atoms with Crippen molar-refractivity contribution >= 4 is 21.6 Å². The highest BCUT2D eigenvalue weighted by atomic mass is 32.2. The molecule has 2 aromatic rings. The van der Waals surface area contributed by atoms with E-state index in [1.165, 1.54) is 6.07 Å². The average Bonchev–Trinajstić information content (AvgIpc) is 2.68. The van der Waals surface area contributed by atoms with Crippen LogP contribution in [0.1, 0.15) is 54.6 Å². The summed E-state index contributed by atoms with van der Waals surface area (Å²) in [6.45, 7) is 7.90. The topological polar surface area (TPSA) is 75.3 Å². The van der Waals surface area contributed by atoms with Crippen molar-refractivity contribution in [3.63, 3.8) is 0 Å². The highest BCUT2D eigenvalue weighted by molar-refractivity contribution is 7.89. The first-order valence-electron chi connectivity index (χ1n) is 10.3. The van der Waals surface area contributed by atoms with E-state index in [9.17, 15) is 17.6 Å². The number of hydrogen-bond acceptors (Lipinski definition) is 3. The van der Waals surface area contributed by atoms with Gasteiger partial charge in [-0.25, -0.2) is 17.5 Å². The molecule has 0 saturated heterocycles. The molecule has 162 valence electrons. The van der Waals surface area contributed by atoms with E-state index in [0.717, 1.165) is 42.5 Å². The Morgan fingerprint density at radius 2 is 1.80 bits per heavy atom. The monoisotopic (exact) mass is 432 g/mol. The Morgan fingerprint density at radius 1 is 1.07 bits per heavy atom. The fraction of sp³-hybridized carbons (Fsp3) is 0.435. The summed E-state index contributed by atoms with van der Waals surface area (Å²) in [4.78, 5) is 12.6. The zero-order chi connectivity index (χ0) is 22.1. The largest absolute Gasteiger partial charge is 0.322 e. The fourth-order valence-electron chi connectivity index (χ4n) is 3.92. The summed E-state index contributed by atoms with van der Waals surface area (Å²) < 4.78 is 43.0.